The molecule has 3 unspecified atom stereocenters. The van der Waals surface area contributed by atoms with Crippen LogP contribution >= 0.6 is 0 Å². The number of carboxylic acids is 1. The van der Waals surface area contributed by atoms with E-state index < -0.39 is 12.4 Å². The fourth-order valence-corrected chi connectivity index (χ4v) is 4.02. The normalized spacial score (nSPS) is 19.6. The molecule has 3 rings (SSSR count). The molecular formula is C23H35N5O5. The number of rotatable bonds is 11. The third-order valence-corrected chi connectivity index (χ3v) is 5.86. The van der Waals surface area contributed by atoms with Crippen LogP contribution in [0.3, 0.4) is 0 Å². The molecule has 1 aliphatic rings. The zero-order valence-corrected chi connectivity index (χ0v) is 19.8. The highest BCUT2D eigenvalue weighted by Gasteiger charge is 2.27. The number of hydrogen-bond donors (Lipinski definition) is 3. The van der Waals surface area contributed by atoms with Gasteiger partial charge in [0.15, 0.2) is 0 Å². The van der Waals surface area contributed by atoms with Gasteiger partial charge >= 0.3 is 5.97 Å². The first-order chi connectivity index (χ1) is 15.7. The van der Waals surface area contributed by atoms with Crippen molar-refractivity contribution in [3.05, 3.63) is 23.8 Å². The predicted octanol–water partition coefficient (Wildman–Crippen LogP) is 2.49. The van der Waals surface area contributed by atoms with Crippen molar-refractivity contribution in [2.24, 2.45) is 24.8 Å². The van der Waals surface area contributed by atoms with Crippen LogP contribution in [0, 0.1) is 24.7 Å². The van der Waals surface area contributed by atoms with E-state index in [1.54, 1.807) is 17.1 Å². The van der Waals surface area contributed by atoms with Gasteiger partial charge in [-0.3, -0.25) is 14.8 Å². The molecule has 182 valence electrons. The molecule has 1 fully saturated rings. The Morgan fingerprint density at radius 2 is 2.12 bits per heavy atom. The molecule has 10 heteroatoms. The van der Waals surface area contributed by atoms with Crippen LogP contribution in [0.5, 0.6) is 5.88 Å². The Morgan fingerprint density at radius 1 is 1.33 bits per heavy atom. The van der Waals surface area contributed by atoms with E-state index in [-0.39, 0.29) is 11.8 Å². The molecule has 0 saturated heterocycles. The van der Waals surface area contributed by atoms with E-state index in [0.29, 0.717) is 49.4 Å². The molecule has 3 N–H and O–H groups in total. The Labute approximate surface area is 194 Å². The van der Waals surface area contributed by atoms with Crippen LogP contribution in [0.4, 0.5) is 0 Å². The highest BCUT2D eigenvalue weighted by Crippen LogP contribution is 2.30. The van der Waals surface area contributed by atoms with Crippen LogP contribution in [0.25, 0.3) is 11.3 Å². The minimum Gasteiger partial charge on any atom is -0.481 e. The summed E-state index contributed by atoms with van der Waals surface area (Å²) in [6.07, 6.45) is 5.54. The lowest BCUT2D eigenvalue weighted by Crippen LogP contribution is -2.32. The van der Waals surface area contributed by atoms with Gasteiger partial charge in [-0.05, 0) is 38.0 Å². The Kier molecular flexibility index (Phi) is 8.76. The van der Waals surface area contributed by atoms with Crippen molar-refractivity contribution < 1.29 is 24.5 Å². The van der Waals surface area contributed by atoms with Crippen LogP contribution in [0.2, 0.25) is 0 Å². The van der Waals surface area contributed by atoms with Gasteiger partial charge in [-0.25, -0.2) is 9.97 Å². The molecule has 2 aromatic rings. The summed E-state index contributed by atoms with van der Waals surface area (Å²) in [7, 11) is 1.83. The molecule has 0 bridgehead atoms. The van der Waals surface area contributed by atoms with E-state index in [1.165, 1.54) is 0 Å². The van der Waals surface area contributed by atoms with Gasteiger partial charge in [0.05, 0.1) is 42.9 Å². The zero-order chi connectivity index (χ0) is 24.0. The minimum atomic E-state index is -1.07. The Morgan fingerprint density at radius 3 is 2.82 bits per heavy atom. The van der Waals surface area contributed by atoms with E-state index in [2.05, 4.69) is 20.4 Å². The lowest BCUT2D eigenvalue weighted by atomic mass is 9.82. The van der Waals surface area contributed by atoms with E-state index in [9.17, 15) is 15.0 Å². The number of aliphatic hydroxyl groups is 1. The first kappa shape index (κ1) is 25.1. The highest BCUT2D eigenvalue weighted by molar-refractivity contribution is 5.70. The summed E-state index contributed by atoms with van der Waals surface area (Å²) in [6.45, 7) is 7.11. The second-order valence-corrected chi connectivity index (χ2v) is 9.11. The number of aromatic nitrogens is 4. The molecule has 0 radical (unpaired) electrons. The Bertz CT molecular complexity index is 932. The van der Waals surface area contributed by atoms with Gasteiger partial charge in [0.25, 0.3) is 0 Å². The minimum absolute atomic E-state index is 0.209. The number of carboxylic acid groups (broad SMARTS) is 1. The second-order valence-electron chi connectivity index (χ2n) is 9.11. The third-order valence-electron chi connectivity index (χ3n) is 5.86. The van der Waals surface area contributed by atoms with Crippen molar-refractivity contribution in [3.8, 4) is 17.1 Å². The van der Waals surface area contributed by atoms with E-state index in [4.69, 9.17) is 9.47 Å². The van der Waals surface area contributed by atoms with E-state index in [1.807, 2.05) is 27.8 Å². The van der Waals surface area contributed by atoms with Crippen LogP contribution in [0.15, 0.2) is 12.4 Å². The van der Waals surface area contributed by atoms with Gasteiger partial charge in [0.2, 0.25) is 12.3 Å². The first-order valence-corrected chi connectivity index (χ1v) is 11.5. The quantitative estimate of drug-likeness (QED) is 0.432. The summed E-state index contributed by atoms with van der Waals surface area (Å²) in [4.78, 5) is 20.4. The molecule has 0 aliphatic heterocycles. The molecule has 2 heterocycles. The number of aliphatic carboxylic acids is 1. The summed E-state index contributed by atoms with van der Waals surface area (Å²) in [6, 6.07) is 0. The Balaban J connectivity index is 1.62. The maximum atomic E-state index is 11.3. The highest BCUT2D eigenvalue weighted by atomic mass is 16.6. The van der Waals surface area contributed by atoms with Crippen molar-refractivity contribution >= 4 is 5.97 Å². The van der Waals surface area contributed by atoms with Gasteiger partial charge in [0.1, 0.15) is 5.69 Å². The molecule has 0 amide bonds. The van der Waals surface area contributed by atoms with E-state index >= 15 is 0 Å². The van der Waals surface area contributed by atoms with Crippen LogP contribution in [0.1, 0.15) is 50.9 Å². The maximum absolute atomic E-state index is 11.3. The van der Waals surface area contributed by atoms with Crippen molar-refractivity contribution in [2.75, 3.05) is 13.2 Å². The Hall–Kier alpha value is -2.56. The number of hydrogen-bond acceptors (Lipinski definition) is 8. The summed E-state index contributed by atoms with van der Waals surface area (Å²) in [5.74, 6) is -0.0163. The largest absolute Gasteiger partial charge is 0.481 e. The lowest BCUT2D eigenvalue weighted by molar-refractivity contribution is -0.143. The van der Waals surface area contributed by atoms with Crippen molar-refractivity contribution in [1.29, 1.82) is 0 Å². The number of aliphatic hydroxyl groups excluding tert-OH is 1. The molecule has 1 aliphatic carbocycles. The topological polar surface area (TPSA) is 132 Å². The van der Waals surface area contributed by atoms with Gasteiger partial charge in [-0.2, -0.15) is 5.10 Å². The summed E-state index contributed by atoms with van der Waals surface area (Å²) < 4.78 is 13.0. The molecule has 2 aromatic heterocycles. The van der Waals surface area contributed by atoms with Crippen LogP contribution < -0.4 is 10.1 Å². The molecule has 0 aromatic carbocycles. The maximum Gasteiger partial charge on any atom is 0.306 e. The summed E-state index contributed by atoms with van der Waals surface area (Å²) >= 11 is 0. The molecule has 3 atom stereocenters. The van der Waals surface area contributed by atoms with Gasteiger partial charge in [-0.1, -0.05) is 20.3 Å². The summed E-state index contributed by atoms with van der Waals surface area (Å²) in [5.41, 5.74) is 2.96. The van der Waals surface area contributed by atoms with Crippen molar-refractivity contribution in [2.45, 2.75) is 59.4 Å². The second kappa shape index (κ2) is 11.5. The van der Waals surface area contributed by atoms with Crippen molar-refractivity contribution in [1.82, 2.24) is 25.1 Å². The monoisotopic (exact) mass is 461 g/mol. The smallest absolute Gasteiger partial charge is 0.306 e. The molecule has 33 heavy (non-hydrogen) atoms. The zero-order valence-electron chi connectivity index (χ0n) is 19.8. The van der Waals surface area contributed by atoms with Gasteiger partial charge < -0.3 is 19.7 Å². The number of nitrogens with zero attached hydrogens (tertiary/aromatic N) is 4. The average Bonchev–Trinajstić information content (AvgIpc) is 3.15. The van der Waals surface area contributed by atoms with Crippen molar-refractivity contribution in [3.63, 3.8) is 0 Å². The fourth-order valence-electron chi connectivity index (χ4n) is 4.02. The van der Waals surface area contributed by atoms with Crippen LogP contribution in [-0.2, 0) is 23.1 Å². The number of carbonyl (C=O) groups is 1. The fraction of sp³-hybridized carbons (Fsp3) is 0.652. The van der Waals surface area contributed by atoms with Gasteiger partial charge in [0, 0.05) is 19.2 Å². The standard InChI is InChI=1S/C23H35N5O5/c1-14(2)12-33-23(31)25-11-20-18(9-26-28(20)4)19-10-24-21(15(3)27-19)32-13-16-6-5-7-17(8-16)22(29)30/h9-10,14,16-17,23,25,31H,5-8,11-13H2,1-4H3,(H,29,30). The molecule has 0 spiro atoms. The van der Waals surface area contributed by atoms with Crippen LogP contribution in [-0.4, -0.2) is 55.6 Å². The molecule has 1 saturated carbocycles. The van der Waals surface area contributed by atoms with Gasteiger partial charge in [-0.15, -0.1) is 0 Å². The van der Waals surface area contributed by atoms with E-state index in [0.717, 1.165) is 30.5 Å². The number of ether oxygens (including phenoxy) is 2. The average molecular weight is 462 g/mol. The summed E-state index contributed by atoms with van der Waals surface area (Å²) in [5, 5.41) is 26.5. The molecular weight excluding hydrogens is 426 g/mol. The third kappa shape index (κ3) is 6.96. The SMILES string of the molecule is Cc1nc(-c2cnn(C)c2CNC(O)OCC(C)C)cnc1OCC1CCCC(C(=O)O)C1. The predicted molar refractivity (Wildman–Crippen MR) is 121 cm³/mol. The first-order valence-electron chi connectivity index (χ1n) is 11.5. The number of nitrogens with one attached hydrogen (secondary N) is 1. The lowest BCUT2D eigenvalue weighted by Gasteiger charge is -2.26. The number of aryl methyl sites for hydroxylation is 2. The molecule has 10 nitrogen and oxygen atoms in total.